The Labute approximate surface area is 160 Å². The molecule has 0 unspecified atom stereocenters. The second kappa shape index (κ2) is 7.55. The maximum absolute atomic E-state index is 13.2. The van der Waals surface area contributed by atoms with E-state index in [9.17, 15) is 4.79 Å². The normalized spacial score (nSPS) is 10.7. The molecule has 4 rings (SSSR count). The van der Waals surface area contributed by atoms with Gasteiger partial charge in [0.25, 0.3) is 5.91 Å². The van der Waals surface area contributed by atoms with Crippen LogP contribution in [0.2, 0.25) is 0 Å². The van der Waals surface area contributed by atoms with E-state index in [1.165, 1.54) is 11.3 Å². The van der Waals surface area contributed by atoms with Gasteiger partial charge >= 0.3 is 0 Å². The smallest absolute Gasteiger partial charge is 0.260 e. The lowest BCUT2D eigenvalue weighted by atomic mass is 10.2. The van der Waals surface area contributed by atoms with Crippen LogP contribution in [0.4, 0.5) is 5.13 Å². The lowest BCUT2D eigenvalue weighted by molar-refractivity contribution is 0.0985. The van der Waals surface area contributed by atoms with Gasteiger partial charge in [-0.25, -0.2) is 4.98 Å². The molecule has 0 bridgehead atoms. The van der Waals surface area contributed by atoms with E-state index in [-0.39, 0.29) is 5.91 Å². The Bertz CT molecular complexity index is 1060. The predicted octanol–water partition coefficient (Wildman–Crippen LogP) is 4.55. The van der Waals surface area contributed by atoms with Crippen molar-refractivity contribution in [2.45, 2.75) is 6.54 Å². The average Bonchev–Trinajstić information content (AvgIpc) is 3.15. The van der Waals surface area contributed by atoms with Gasteiger partial charge in [-0.1, -0.05) is 35.6 Å². The van der Waals surface area contributed by atoms with Gasteiger partial charge < -0.3 is 4.74 Å². The molecule has 0 aliphatic heterocycles. The first kappa shape index (κ1) is 17.2. The van der Waals surface area contributed by atoms with Gasteiger partial charge in [0.1, 0.15) is 5.75 Å². The third-order valence-corrected chi connectivity index (χ3v) is 5.19. The van der Waals surface area contributed by atoms with Crippen molar-refractivity contribution < 1.29 is 9.53 Å². The molecule has 27 heavy (non-hydrogen) atoms. The number of ether oxygens (including phenoxy) is 1. The maximum atomic E-state index is 13.2. The number of benzene rings is 2. The van der Waals surface area contributed by atoms with Crippen LogP contribution in [0.3, 0.4) is 0 Å². The summed E-state index contributed by atoms with van der Waals surface area (Å²) >= 11 is 1.47. The standard InChI is InChI=1S/C21H17N3O2S/c1-26-17-9-10-18-19(12-17)27-21(23-18)24(14-15-6-5-11-22-13-15)20(25)16-7-3-2-4-8-16/h2-13H,14H2,1H3. The largest absolute Gasteiger partial charge is 0.497 e. The molecule has 0 radical (unpaired) electrons. The number of nitrogens with zero attached hydrogens (tertiary/aromatic N) is 3. The SMILES string of the molecule is COc1ccc2nc(N(Cc3cccnc3)C(=O)c3ccccc3)sc2c1. The minimum atomic E-state index is -0.0922. The zero-order chi connectivity index (χ0) is 18.6. The third-order valence-electron chi connectivity index (χ3n) is 4.14. The van der Waals surface area contributed by atoms with Crippen molar-refractivity contribution in [2.75, 3.05) is 12.0 Å². The molecule has 0 atom stereocenters. The Morgan fingerprint density at radius 1 is 1.11 bits per heavy atom. The average molecular weight is 375 g/mol. The number of carbonyl (C=O) groups excluding carboxylic acids is 1. The molecule has 0 N–H and O–H groups in total. The summed E-state index contributed by atoms with van der Waals surface area (Å²) in [4.78, 5) is 23.7. The molecule has 0 saturated heterocycles. The van der Waals surface area contributed by atoms with Crippen molar-refractivity contribution in [2.24, 2.45) is 0 Å². The number of rotatable bonds is 5. The minimum absolute atomic E-state index is 0.0922. The second-order valence-electron chi connectivity index (χ2n) is 5.95. The first-order valence-electron chi connectivity index (χ1n) is 8.45. The van der Waals surface area contributed by atoms with E-state index in [1.807, 2.05) is 60.7 Å². The van der Waals surface area contributed by atoms with Crippen LogP contribution in [-0.2, 0) is 6.54 Å². The Balaban J connectivity index is 1.76. The lowest BCUT2D eigenvalue weighted by Gasteiger charge is -2.20. The van der Waals surface area contributed by atoms with Crippen molar-refractivity contribution in [3.63, 3.8) is 0 Å². The third kappa shape index (κ3) is 3.66. The summed E-state index contributed by atoms with van der Waals surface area (Å²) in [6.45, 7) is 0.401. The highest BCUT2D eigenvalue weighted by atomic mass is 32.1. The number of hydrogen-bond acceptors (Lipinski definition) is 5. The van der Waals surface area contributed by atoms with Crippen LogP contribution in [0.5, 0.6) is 5.75 Å². The number of carbonyl (C=O) groups is 1. The van der Waals surface area contributed by atoms with Gasteiger partial charge in [0, 0.05) is 18.0 Å². The molecular formula is C21H17N3O2S. The van der Waals surface area contributed by atoms with Crippen LogP contribution >= 0.6 is 11.3 Å². The molecule has 2 aromatic heterocycles. The molecule has 2 aromatic carbocycles. The fraction of sp³-hybridized carbons (Fsp3) is 0.0952. The van der Waals surface area contributed by atoms with Gasteiger partial charge in [0.2, 0.25) is 0 Å². The number of aromatic nitrogens is 2. The van der Waals surface area contributed by atoms with Gasteiger partial charge in [-0.2, -0.15) is 0 Å². The Hall–Kier alpha value is -3.25. The van der Waals surface area contributed by atoms with Crippen LogP contribution < -0.4 is 9.64 Å². The van der Waals surface area contributed by atoms with Crippen LogP contribution in [0.25, 0.3) is 10.2 Å². The van der Waals surface area contributed by atoms with Gasteiger partial charge in [-0.3, -0.25) is 14.7 Å². The summed E-state index contributed by atoms with van der Waals surface area (Å²) < 4.78 is 6.27. The highest BCUT2D eigenvalue weighted by Gasteiger charge is 2.21. The van der Waals surface area contributed by atoms with Gasteiger partial charge in [0.15, 0.2) is 5.13 Å². The zero-order valence-corrected chi connectivity index (χ0v) is 15.5. The number of hydrogen-bond donors (Lipinski definition) is 0. The number of thiazole rings is 1. The van der Waals surface area contributed by atoms with E-state index < -0.39 is 0 Å². The fourth-order valence-corrected chi connectivity index (χ4v) is 3.76. The number of anilines is 1. The Kier molecular flexibility index (Phi) is 4.80. The molecule has 6 heteroatoms. The zero-order valence-electron chi connectivity index (χ0n) is 14.7. The second-order valence-corrected chi connectivity index (χ2v) is 6.96. The van der Waals surface area contributed by atoms with E-state index in [1.54, 1.807) is 24.4 Å². The molecule has 4 aromatic rings. The molecule has 0 fully saturated rings. The molecule has 2 heterocycles. The maximum Gasteiger partial charge on any atom is 0.260 e. The van der Waals surface area contributed by atoms with E-state index in [0.29, 0.717) is 17.2 Å². The quantitative estimate of drug-likeness (QED) is 0.514. The molecule has 0 saturated carbocycles. The topological polar surface area (TPSA) is 55.3 Å². The van der Waals surface area contributed by atoms with Crippen LogP contribution in [0, 0.1) is 0 Å². The number of methoxy groups -OCH3 is 1. The van der Waals surface area contributed by atoms with Crippen molar-refractivity contribution >= 4 is 32.6 Å². The van der Waals surface area contributed by atoms with Gasteiger partial charge in [0.05, 0.1) is 23.9 Å². The summed E-state index contributed by atoms with van der Waals surface area (Å²) in [5.74, 6) is 0.677. The molecule has 0 aliphatic carbocycles. The van der Waals surface area contributed by atoms with Crippen molar-refractivity contribution in [3.8, 4) is 5.75 Å². The highest BCUT2D eigenvalue weighted by Crippen LogP contribution is 2.33. The molecule has 0 aliphatic rings. The van der Waals surface area contributed by atoms with E-state index in [2.05, 4.69) is 9.97 Å². The van der Waals surface area contributed by atoms with Crippen molar-refractivity contribution in [1.82, 2.24) is 9.97 Å². The Morgan fingerprint density at radius 2 is 1.96 bits per heavy atom. The summed E-state index contributed by atoms with van der Waals surface area (Å²) in [5, 5.41) is 0.649. The first-order valence-corrected chi connectivity index (χ1v) is 9.26. The van der Waals surface area contributed by atoms with E-state index in [4.69, 9.17) is 4.74 Å². The predicted molar refractivity (Wildman–Crippen MR) is 107 cm³/mol. The number of amides is 1. The number of pyridine rings is 1. The summed E-state index contributed by atoms with van der Waals surface area (Å²) in [5.41, 5.74) is 2.41. The molecular weight excluding hydrogens is 358 g/mol. The van der Waals surface area contributed by atoms with Crippen LogP contribution in [0.1, 0.15) is 15.9 Å². The monoisotopic (exact) mass is 375 g/mol. The highest BCUT2D eigenvalue weighted by molar-refractivity contribution is 7.22. The van der Waals surface area contributed by atoms with Crippen molar-refractivity contribution in [3.05, 3.63) is 84.2 Å². The fourth-order valence-electron chi connectivity index (χ4n) is 2.77. The summed E-state index contributed by atoms with van der Waals surface area (Å²) in [6, 6.07) is 18.8. The van der Waals surface area contributed by atoms with E-state index >= 15 is 0 Å². The minimum Gasteiger partial charge on any atom is -0.497 e. The number of fused-ring (bicyclic) bond motifs is 1. The van der Waals surface area contributed by atoms with Crippen LogP contribution in [-0.4, -0.2) is 23.0 Å². The van der Waals surface area contributed by atoms with Gasteiger partial charge in [-0.05, 0) is 42.0 Å². The summed E-state index contributed by atoms with van der Waals surface area (Å²) in [6.07, 6.45) is 3.48. The molecule has 1 amide bonds. The Morgan fingerprint density at radius 3 is 2.70 bits per heavy atom. The molecule has 5 nitrogen and oxygen atoms in total. The van der Waals surface area contributed by atoms with E-state index in [0.717, 1.165) is 21.5 Å². The first-order chi connectivity index (χ1) is 13.2. The van der Waals surface area contributed by atoms with Gasteiger partial charge in [-0.15, -0.1) is 0 Å². The lowest BCUT2D eigenvalue weighted by Crippen LogP contribution is -2.30. The summed E-state index contributed by atoms with van der Waals surface area (Å²) in [7, 11) is 1.64. The van der Waals surface area contributed by atoms with Crippen LogP contribution in [0.15, 0.2) is 73.1 Å². The molecule has 134 valence electrons. The molecule has 0 spiro atoms. The van der Waals surface area contributed by atoms with Crippen molar-refractivity contribution in [1.29, 1.82) is 0 Å².